The zero-order chi connectivity index (χ0) is 18.1. The van der Waals surface area contributed by atoms with Crippen LogP contribution in [-0.4, -0.2) is 23.1 Å². The Morgan fingerprint density at radius 3 is 1.00 bits per heavy atom. The minimum absolute atomic E-state index is 0.215. The molecule has 0 aromatic rings. The molecule has 0 saturated heterocycles. The van der Waals surface area contributed by atoms with E-state index in [1.807, 2.05) is 41.5 Å². The summed E-state index contributed by atoms with van der Waals surface area (Å²) in [7, 11) is 0. The number of rotatable bonds is 3. The Kier molecular flexibility index (Phi) is 10.3. The Hall–Kier alpha value is -1.14. The van der Waals surface area contributed by atoms with Crippen molar-refractivity contribution >= 4 is 11.9 Å². The minimum atomic E-state index is -0.538. The van der Waals surface area contributed by atoms with Gasteiger partial charge in [0.1, 0.15) is 0 Å². The third-order valence-electron chi connectivity index (χ3n) is 1.69. The van der Waals surface area contributed by atoms with Gasteiger partial charge in [0.2, 0.25) is 0 Å². The maximum absolute atomic E-state index is 10.8. The van der Waals surface area contributed by atoms with Crippen LogP contribution in [0.2, 0.25) is 0 Å². The van der Waals surface area contributed by atoms with E-state index in [2.05, 4.69) is 9.78 Å². The molecule has 0 N–H and O–H groups in total. The summed E-state index contributed by atoms with van der Waals surface area (Å²) in [5.74, 6) is -1.65. The average Bonchev–Trinajstić information content (AvgIpc) is 2.32. The summed E-state index contributed by atoms with van der Waals surface area (Å²) >= 11 is 0. The topological polar surface area (TPSA) is 71.1 Å². The van der Waals surface area contributed by atoms with E-state index in [0.717, 1.165) is 0 Å². The molecule has 6 heteroatoms. The molecule has 0 fully saturated rings. The van der Waals surface area contributed by atoms with Crippen molar-refractivity contribution in [1.29, 1.82) is 0 Å². The first-order valence-corrected chi connectivity index (χ1v) is 7.44. The lowest BCUT2D eigenvalue weighted by Crippen LogP contribution is -2.27. The van der Waals surface area contributed by atoms with Gasteiger partial charge >= 0.3 is 11.9 Å². The Labute approximate surface area is 134 Å². The molecule has 0 spiro atoms. The molecular formula is C16H32O6. The highest BCUT2D eigenvalue weighted by Crippen LogP contribution is 2.14. The molecule has 0 heterocycles. The molecule has 0 aromatic carbocycles. The van der Waals surface area contributed by atoms with E-state index in [-0.39, 0.29) is 23.0 Å². The zero-order valence-corrected chi connectivity index (χ0v) is 15.6. The molecular weight excluding hydrogens is 288 g/mol. The molecule has 132 valence electrons. The Morgan fingerprint density at radius 1 is 0.636 bits per heavy atom. The summed E-state index contributed by atoms with van der Waals surface area (Å²) in [5, 5.41) is 0. The second-order valence-electron chi connectivity index (χ2n) is 7.51. The van der Waals surface area contributed by atoms with E-state index < -0.39 is 11.9 Å². The van der Waals surface area contributed by atoms with Gasteiger partial charge in [-0.15, -0.1) is 0 Å². The molecule has 0 saturated carbocycles. The van der Waals surface area contributed by atoms with Crippen molar-refractivity contribution in [1.82, 2.24) is 0 Å². The van der Waals surface area contributed by atoms with Gasteiger partial charge in [-0.05, 0) is 41.5 Å². The SMILES string of the molecule is CC(C)(C)OOC(C)(C)C.CC(C)C(=O)OOC(=O)C(C)C. The van der Waals surface area contributed by atoms with Crippen LogP contribution in [0.4, 0.5) is 0 Å². The number of hydrogen-bond donors (Lipinski definition) is 0. The standard InChI is InChI=1S/C8H14O4.C8H18O2/c1-5(2)7(9)11-12-8(10)6(3)4;1-7(2,3)9-10-8(4,5)6/h5-6H,1-4H3;1-6H3. The molecule has 0 aliphatic carbocycles. The molecule has 0 unspecified atom stereocenters. The van der Waals surface area contributed by atoms with Crippen molar-refractivity contribution in [3.05, 3.63) is 0 Å². The van der Waals surface area contributed by atoms with Crippen LogP contribution in [0.1, 0.15) is 69.2 Å². The smallest absolute Gasteiger partial charge is 0.247 e. The first-order chi connectivity index (χ1) is 9.65. The van der Waals surface area contributed by atoms with Gasteiger partial charge in [0.05, 0.1) is 23.0 Å². The Bertz CT molecular complexity index is 300. The monoisotopic (exact) mass is 320 g/mol. The summed E-state index contributed by atoms with van der Waals surface area (Å²) in [6.45, 7) is 18.4. The van der Waals surface area contributed by atoms with Crippen LogP contribution in [0, 0.1) is 11.8 Å². The number of carbonyl (C=O) groups excluding carboxylic acids is 2. The maximum Gasteiger partial charge on any atom is 0.358 e. The van der Waals surface area contributed by atoms with Gasteiger partial charge in [0.25, 0.3) is 0 Å². The maximum atomic E-state index is 10.8. The average molecular weight is 320 g/mol. The van der Waals surface area contributed by atoms with E-state index in [1.165, 1.54) is 0 Å². The van der Waals surface area contributed by atoms with Gasteiger partial charge in [-0.3, -0.25) is 0 Å². The first-order valence-electron chi connectivity index (χ1n) is 7.44. The summed E-state index contributed by atoms with van der Waals surface area (Å²) in [4.78, 5) is 40.2. The molecule has 0 rings (SSSR count). The minimum Gasteiger partial charge on any atom is -0.247 e. The van der Waals surface area contributed by atoms with Gasteiger partial charge in [-0.2, -0.15) is 0 Å². The third-order valence-corrected chi connectivity index (χ3v) is 1.69. The quantitative estimate of drug-likeness (QED) is 0.581. The molecule has 6 nitrogen and oxygen atoms in total. The van der Waals surface area contributed by atoms with Crippen molar-refractivity contribution in [2.24, 2.45) is 11.8 Å². The highest BCUT2D eigenvalue weighted by atomic mass is 17.2. The molecule has 0 bridgehead atoms. The lowest BCUT2D eigenvalue weighted by Gasteiger charge is -2.24. The summed E-state index contributed by atoms with van der Waals surface area (Å²) in [6, 6.07) is 0. The largest absolute Gasteiger partial charge is 0.358 e. The van der Waals surface area contributed by atoms with Crippen LogP contribution in [0.25, 0.3) is 0 Å². The molecule has 0 radical (unpaired) electrons. The Balaban J connectivity index is 0. The Morgan fingerprint density at radius 2 is 0.864 bits per heavy atom. The van der Waals surface area contributed by atoms with E-state index >= 15 is 0 Å². The number of hydrogen-bond acceptors (Lipinski definition) is 6. The van der Waals surface area contributed by atoms with Crippen LogP contribution < -0.4 is 0 Å². The van der Waals surface area contributed by atoms with Crippen molar-refractivity contribution < 1.29 is 29.1 Å². The van der Waals surface area contributed by atoms with Gasteiger partial charge in [0, 0.05) is 0 Å². The van der Waals surface area contributed by atoms with Crippen molar-refractivity contribution in [2.75, 3.05) is 0 Å². The second kappa shape index (κ2) is 9.79. The lowest BCUT2D eigenvalue weighted by atomic mass is 10.2. The van der Waals surface area contributed by atoms with Crippen LogP contribution in [0.5, 0.6) is 0 Å². The molecule has 0 amide bonds. The summed E-state index contributed by atoms with van der Waals surface area (Å²) in [5.41, 5.74) is -0.430. The van der Waals surface area contributed by atoms with Crippen LogP contribution in [-0.2, 0) is 29.1 Å². The predicted molar refractivity (Wildman–Crippen MR) is 83.5 cm³/mol. The van der Waals surface area contributed by atoms with Crippen molar-refractivity contribution in [2.45, 2.75) is 80.4 Å². The van der Waals surface area contributed by atoms with Gasteiger partial charge in [0.15, 0.2) is 0 Å². The molecule has 22 heavy (non-hydrogen) atoms. The van der Waals surface area contributed by atoms with Crippen LogP contribution in [0.3, 0.4) is 0 Å². The molecule has 0 aliphatic rings. The lowest BCUT2D eigenvalue weighted by molar-refractivity contribution is -0.393. The van der Waals surface area contributed by atoms with E-state index in [0.29, 0.717) is 0 Å². The van der Waals surface area contributed by atoms with Crippen LogP contribution >= 0.6 is 0 Å². The molecule has 0 aliphatic heterocycles. The highest BCUT2D eigenvalue weighted by molar-refractivity contribution is 5.74. The van der Waals surface area contributed by atoms with Gasteiger partial charge in [-0.25, -0.2) is 29.1 Å². The second-order valence-corrected chi connectivity index (χ2v) is 7.51. The van der Waals surface area contributed by atoms with E-state index in [9.17, 15) is 9.59 Å². The van der Waals surface area contributed by atoms with Crippen molar-refractivity contribution in [3.63, 3.8) is 0 Å². The zero-order valence-electron chi connectivity index (χ0n) is 15.6. The van der Waals surface area contributed by atoms with E-state index in [1.54, 1.807) is 27.7 Å². The number of carbonyl (C=O) groups is 2. The predicted octanol–water partition coefficient (Wildman–Crippen LogP) is 3.83. The summed E-state index contributed by atoms with van der Waals surface area (Å²) in [6.07, 6.45) is 0. The van der Waals surface area contributed by atoms with Gasteiger partial charge in [-0.1, -0.05) is 27.7 Å². The highest BCUT2D eigenvalue weighted by Gasteiger charge is 2.18. The van der Waals surface area contributed by atoms with Crippen molar-refractivity contribution in [3.8, 4) is 0 Å². The fourth-order valence-corrected chi connectivity index (χ4v) is 0.525. The normalized spacial score (nSPS) is 11.8. The first kappa shape index (κ1) is 23.1. The third kappa shape index (κ3) is 16.9. The van der Waals surface area contributed by atoms with Gasteiger partial charge < -0.3 is 0 Å². The summed E-state index contributed by atoms with van der Waals surface area (Å²) < 4.78 is 0. The van der Waals surface area contributed by atoms with Crippen LogP contribution in [0.15, 0.2) is 0 Å². The fraction of sp³-hybridized carbons (Fsp3) is 0.875. The van der Waals surface area contributed by atoms with E-state index in [4.69, 9.17) is 9.78 Å². The fourth-order valence-electron chi connectivity index (χ4n) is 0.525. The molecule has 0 aromatic heterocycles. The molecule has 0 atom stereocenters.